The average Bonchev–Trinajstić information content (AvgIpc) is 2.26. The van der Waals surface area contributed by atoms with Crippen LogP contribution in [0.15, 0.2) is 18.2 Å². The summed E-state index contributed by atoms with van der Waals surface area (Å²) in [7, 11) is 0. The van der Waals surface area contributed by atoms with Crippen molar-refractivity contribution in [1.82, 2.24) is 5.32 Å². The number of carbonyl (C=O) groups excluding carboxylic acids is 1. The fourth-order valence-corrected chi connectivity index (χ4v) is 1.95. The number of benzene rings is 1. The van der Waals surface area contributed by atoms with Crippen LogP contribution in [0.2, 0.25) is 0 Å². The smallest absolute Gasteiger partial charge is 0.329 e. The molecule has 1 aromatic rings. The number of carboxylic acid groups (broad SMARTS) is 1. The lowest BCUT2D eigenvalue weighted by Crippen LogP contribution is -2.59. The lowest BCUT2D eigenvalue weighted by atomic mass is 9.76. The lowest BCUT2D eigenvalue weighted by molar-refractivity contribution is -0.148. The van der Waals surface area contributed by atoms with Gasteiger partial charge in [0.25, 0.3) is 5.91 Å². The van der Waals surface area contributed by atoms with E-state index < -0.39 is 23.2 Å². The van der Waals surface area contributed by atoms with Gasteiger partial charge in [-0.05, 0) is 43.9 Å². The molecule has 2 rings (SSSR count). The molecule has 5 heteroatoms. The number of halogens is 1. The highest BCUT2D eigenvalue weighted by molar-refractivity contribution is 5.98. The summed E-state index contributed by atoms with van der Waals surface area (Å²) in [4.78, 5) is 23.0. The number of hydrogen-bond donors (Lipinski definition) is 2. The molecule has 96 valence electrons. The van der Waals surface area contributed by atoms with Crippen molar-refractivity contribution in [3.63, 3.8) is 0 Å². The number of carbonyl (C=O) groups is 2. The number of nitrogens with one attached hydrogen (secondary N) is 1. The van der Waals surface area contributed by atoms with Gasteiger partial charge < -0.3 is 10.4 Å². The normalized spacial score (nSPS) is 16.8. The number of aryl methyl sites for hydroxylation is 1. The first-order chi connectivity index (χ1) is 8.44. The Morgan fingerprint density at radius 1 is 1.39 bits per heavy atom. The number of amides is 1. The number of rotatable bonds is 3. The van der Waals surface area contributed by atoms with Gasteiger partial charge in [-0.1, -0.05) is 6.07 Å². The molecular formula is C13H14FNO3. The first kappa shape index (κ1) is 12.5. The van der Waals surface area contributed by atoms with Crippen LogP contribution in [0, 0.1) is 12.7 Å². The molecular weight excluding hydrogens is 237 g/mol. The van der Waals surface area contributed by atoms with E-state index in [0.29, 0.717) is 18.4 Å². The molecule has 1 amide bonds. The lowest BCUT2D eigenvalue weighted by Gasteiger charge is -2.38. The predicted molar refractivity (Wildman–Crippen MR) is 62.8 cm³/mol. The molecule has 0 saturated heterocycles. The van der Waals surface area contributed by atoms with Crippen LogP contribution in [0.25, 0.3) is 0 Å². The van der Waals surface area contributed by atoms with Crippen molar-refractivity contribution in [1.29, 1.82) is 0 Å². The van der Waals surface area contributed by atoms with Crippen LogP contribution < -0.4 is 5.32 Å². The van der Waals surface area contributed by atoms with Gasteiger partial charge in [0.2, 0.25) is 0 Å². The van der Waals surface area contributed by atoms with Gasteiger partial charge in [-0.15, -0.1) is 0 Å². The molecule has 0 heterocycles. The Morgan fingerprint density at radius 3 is 2.50 bits per heavy atom. The van der Waals surface area contributed by atoms with Crippen LogP contribution in [0.4, 0.5) is 4.39 Å². The zero-order valence-corrected chi connectivity index (χ0v) is 10.00. The van der Waals surface area contributed by atoms with Gasteiger partial charge in [-0.2, -0.15) is 0 Å². The van der Waals surface area contributed by atoms with E-state index in [1.165, 1.54) is 12.1 Å². The molecule has 0 atom stereocenters. The number of carboxylic acids is 1. The number of hydrogen-bond acceptors (Lipinski definition) is 2. The summed E-state index contributed by atoms with van der Waals surface area (Å²) in [6, 6.07) is 4.11. The molecule has 4 nitrogen and oxygen atoms in total. The Labute approximate surface area is 104 Å². The second kappa shape index (κ2) is 4.40. The van der Waals surface area contributed by atoms with Gasteiger partial charge in [-0.3, -0.25) is 4.79 Å². The summed E-state index contributed by atoms with van der Waals surface area (Å²) in [6.45, 7) is 1.60. The van der Waals surface area contributed by atoms with Crippen LogP contribution in [0.5, 0.6) is 0 Å². The van der Waals surface area contributed by atoms with E-state index in [4.69, 9.17) is 5.11 Å². The second-order valence-corrected chi connectivity index (χ2v) is 4.66. The van der Waals surface area contributed by atoms with E-state index in [1.54, 1.807) is 6.92 Å². The molecule has 1 aromatic carbocycles. The van der Waals surface area contributed by atoms with E-state index >= 15 is 0 Å². The topological polar surface area (TPSA) is 66.4 Å². The molecule has 0 aliphatic heterocycles. The van der Waals surface area contributed by atoms with E-state index in [-0.39, 0.29) is 5.56 Å². The van der Waals surface area contributed by atoms with Crippen LogP contribution >= 0.6 is 0 Å². The van der Waals surface area contributed by atoms with Gasteiger partial charge in [-0.25, -0.2) is 9.18 Å². The molecule has 18 heavy (non-hydrogen) atoms. The van der Waals surface area contributed by atoms with Crippen molar-refractivity contribution in [2.75, 3.05) is 0 Å². The van der Waals surface area contributed by atoms with Crippen molar-refractivity contribution >= 4 is 11.9 Å². The predicted octanol–water partition coefficient (Wildman–Crippen LogP) is 1.87. The molecule has 1 fully saturated rings. The quantitative estimate of drug-likeness (QED) is 0.861. The summed E-state index contributed by atoms with van der Waals surface area (Å²) in [5.74, 6) is -2.05. The largest absolute Gasteiger partial charge is 0.480 e. The van der Waals surface area contributed by atoms with E-state index in [9.17, 15) is 14.0 Å². The standard InChI is InChI=1S/C13H14FNO3/c1-8-3-4-9(7-10(8)14)11(16)15-13(12(17)18)5-2-6-13/h3-4,7H,2,5-6H2,1H3,(H,15,16)(H,17,18). The molecule has 1 saturated carbocycles. The van der Waals surface area contributed by atoms with Gasteiger partial charge in [0.15, 0.2) is 0 Å². The van der Waals surface area contributed by atoms with Crippen molar-refractivity contribution in [3.8, 4) is 0 Å². The third-order valence-corrected chi connectivity index (χ3v) is 3.40. The molecule has 0 radical (unpaired) electrons. The Balaban J connectivity index is 2.17. The van der Waals surface area contributed by atoms with Crippen molar-refractivity contribution in [2.45, 2.75) is 31.7 Å². The summed E-state index contributed by atoms with van der Waals surface area (Å²) >= 11 is 0. The second-order valence-electron chi connectivity index (χ2n) is 4.66. The molecule has 1 aliphatic carbocycles. The van der Waals surface area contributed by atoms with Crippen molar-refractivity contribution < 1.29 is 19.1 Å². The molecule has 0 aromatic heterocycles. The Morgan fingerprint density at radius 2 is 2.06 bits per heavy atom. The summed E-state index contributed by atoms with van der Waals surface area (Å²) in [5, 5.41) is 11.6. The first-order valence-electron chi connectivity index (χ1n) is 5.77. The van der Waals surface area contributed by atoms with E-state index in [2.05, 4.69) is 5.32 Å². The summed E-state index contributed by atoms with van der Waals surface area (Å²) in [6.07, 6.45) is 1.61. The SMILES string of the molecule is Cc1ccc(C(=O)NC2(C(=O)O)CCC2)cc1F. The molecule has 0 bridgehead atoms. The third kappa shape index (κ3) is 2.08. The Kier molecular flexibility index (Phi) is 3.07. The van der Waals surface area contributed by atoms with Gasteiger partial charge in [0, 0.05) is 5.56 Å². The molecule has 2 N–H and O–H groups in total. The maximum absolute atomic E-state index is 13.3. The molecule has 0 spiro atoms. The minimum absolute atomic E-state index is 0.144. The summed E-state index contributed by atoms with van der Waals surface area (Å²) < 4.78 is 13.3. The molecule has 0 unspecified atom stereocenters. The highest BCUT2D eigenvalue weighted by atomic mass is 19.1. The van der Waals surface area contributed by atoms with Gasteiger partial charge in [0.05, 0.1) is 0 Å². The van der Waals surface area contributed by atoms with Crippen LogP contribution in [0.3, 0.4) is 0 Å². The minimum Gasteiger partial charge on any atom is -0.480 e. The third-order valence-electron chi connectivity index (χ3n) is 3.40. The zero-order valence-electron chi connectivity index (χ0n) is 10.00. The van der Waals surface area contributed by atoms with Crippen LogP contribution in [0.1, 0.15) is 35.2 Å². The highest BCUT2D eigenvalue weighted by Crippen LogP contribution is 2.32. The van der Waals surface area contributed by atoms with E-state index in [1.807, 2.05) is 0 Å². The maximum Gasteiger partial charge on any atom is 0.329 e. The molecule has 1 aliphatic rings. The van der Waals surface area contributed by atoms with Gasteiger partial charge in [0.1, 0.15) is 11.4 Å². The highest BCUT2D eigenvalue weighted by Gasteiger charge is 2.45. The van der Waals surface area contributed by atoms with Crippen LogP contribution in [-0.2, 0) is 4.79 Å². The number of aliphatic carboxylic acids is 1. The van der Waals surface area contributed by atoms with Gasteiger partial charge >= 0.3 is 5.97 Å². The monoisotopic (exact) mass is 251 g/mol. The Hall–Kier alpha value is -1.91. The van der Waals surface area contributed by atoms with Crippen LogP contribution in [-0.4, -0.2) is 22.5 Å². The summed E-state index contributed by atoms with van der Waals surface area (Å²) in [5.41, 5.74) is -0.577. The Bertz CT molecular complexity index is 509. The fraction of sp³-hybridized carbons (Fsp3) is 0.385. The fourth-order valence-electron chi connectivity index (χ4n) is 1.95. The van der Waals surface area contributed by atoms with E-state index in [0.717, 1.165) is 12.5 Å². The van der Waals surface area contributed by atoms with Crippen molar-refractivity contribution in [3.05, 3.63) is 35.1 Å². The maximum atomic E-state index is 13.3. The van der Waals surface area contributed by atoms with Crippen molar-refractivity contribution in [2.24, 2.45) is 0 Å². The average molecular weight is 251 g/mol. The zero-order chi connectivity index (χ0) is 13.3. The first-order valence-corrected chi connectivity index (χ1v) is 5.77. The minimum atomic E-state index is -1.17.